The summed E-state index contributed by atoms with van der Waals surface area (Å²) in [6.45, 7) is 6.77. The lowest BCUT2D eigenvalue weighted by molar-refractivity contribution is 0.0736. The monoisotopic (exact) mass is 296 g/mol. The lowest BCUT2D eigenvalue weighted by Gasteiger charge is -2.24. The van der Waals surface area contributed by atoms with Crippen molar-refractivity contribution in [2.45, 2.75) is 27.2 Å². The Labute approximate surface area is 125 Å². The summed E-state index contributed by atoms with van der Waals surface area (Å²) >= 11 is 4.84. The number of carbonyl (C=O) groups is 1. The van der Waals surface area contributed by atoms with Gasteiger partial charge in [-0.1, -0.05) is 32.1 Å². The van der Waals surface area contributed by atoms with Crippen LogP contribution in [0.2, 0.25) is 0 Å². The van der Waals surface area contributed by atoms with Crippen molar-refractivity contribution in [3.63, 3.8) is 0 Å². The molecule has 0 radical (unpaired) electrons. The van der Waals surface area contributed by atoms with E-state index >= 15 is 0 Å². The number of nitrogens with zero attached hydrogens (tertiary/aromatic N) is 1. The Morgan fingerprint density at radius 3 is 2.60 bits per heavy atom. The van der Waals surface area contributed by atoms with Gasteiger partial charge in [-0.15, -0.1) is 0 Å². The van der Waals surface area contributed by atoms with Crippen molar-refractivity contribution < 1.29 is 9.18 Å². The minimum atomic E-state index is -0.487. The number of rotatable bonds is 6. The number of halogens is 1. The number of aryl methyl sites for hydroxylation is 1. The molecule has 0 aliphatic rings. The van der Waals surface area contributed by atoms with Crippen LogP contribution in [0.25, 0.3) is 0 Å². The highest BCUT2D eigenvalue weighted by Gasteiger charge is 2.20. The van der Waals surface area contributed by atoms with E-state index in [1.807, 2.05) is 13.8 Å². The van der Waals surface area contributed by atoms with Crippen molar-refractivity contribution in [3.8, 4) is 0 Å². The summed E-state index contributed by atoms with van der Waals surface area (Å²) in [7, 11) is 0. The van der Waals surface area contributed by atoms with Gasteiger partial charge in [0.2, 0.25) is 0 Å². The Morgan fingerprint density at radius 1 is 1.45 bits per heavy atom. The molecule has 0 atom stereocenters. The summed E-state index contributed by atoms with van der Waals surface area (Å²) in [5.74, 6) is -0.509. The van der Waals surface area contributed by atoms with Crippen molar-refractivity contribution in [2.75, 3.05) is 13.1 Å². The van der Waals surface area contributed by atoms with E-state index in [0.29, 0.717) is 30.4 Å². The topological polar surface area (TPSA) is 46.3 Å². The van der Waals surface area contributed by atoms with Crippen molar-refractivity contribution in [1.29, 1.82) is 0 Å². The molecule has 110 valence electrons. The van der Waals surface area contributed by atoms with E-state index in [2.05, 4.69) is 0 Å². The second-order valence-corrected chi connectivity index (χ2v) is 5.87. The molecule has 1 aromatic rings. The summed E-state index contributed by atoms with van der Waals surface area (Å²) in [5, 5.41) is 0. The van der Waals surface area contributed by atoms with E-state index in [4.69, 9.17) is 18.0 Å². The fraction of sp³-hybridized carbons (Fsp3) is 0.467. The Kier molecular flexibility index (Phi) is 6.07. The molecule has 5 heteroatoms. The maximum atomic E-state index is 13.9. The fourth-order valence-corrected chi connectivity index (χ4v) is 2.02. The molecular formula is C15H21FN2OS. The van der Waals surface area contributed by atoms with Crippen LogP contribution in [0, 0.1) is 18.7 Å². The van der Waals surface area contributed by atoms with Crippen LogP contribution in [0.15, 0.2) is 18.2 Å². The molecule has 1 aromatic carbocycles. The number of nitrogens with two attached hydrogens (primary N) is 1. The zero-order chi connectivity index (χ0) is 15.3. The lowest BCUT2D eigenvalue weighted by Crippen LogP contribution is -2.37. The number of carbonyl (C=O) groups excluding carboxylic acids is 1. The summed E-state index contributed by atoms with van der Waals surface area (Å²) in [6.07, 6.45) is 0.446. The molecular weight excluding hydrogens is 275 g/mol. The van der Waals surface area contributed by atoms with E-state index in [0.717, 1.165) is 5.56 Å². The van der Waals surface area contributed by atoms with Crippen molar-refractivity contribution in [1.82, 2.24) is 4.90 Å². The molecule has 0 spiro atoms. The molecule has 1 amide bonds. The molecule has 0 aliphatic carbocycles. The Bertz CT molecular complexity index is 503. The molecule has 0 aliphatic heterocycles. The minimum absolute atomic E-state index is 0.0965. The molecule has 1 rings (SSSR count). The van der Waals surface area contributed by atoms with Gasteiger partial charge >= 0.3 is 0 Å². The van der Waals surface area contributed by atoms with Crippen molar-refractivity contribution in [3.05, 3.63) is 35.1 Å². The largest absolute Gasteiger partial charge is 0.393 e. The Hall–Kier alpha value is -1.49. The molecule has 2 N–H and O–H groups in total. The summed E-state index contributed by atoms with van der Waals surface area (Å²) in [6, 6.07) is 4.63. The summed E-state index contributed by atoms with van der Waals surface area (Å²) in [5.41, 5.74) is 6.37. The number of hydrogen-bond acceptors (Lipinski definition) is 2. The van der Waals surface area contributed by atoms with E-state index in [-0.39, 0.29) is 11.5 Å². The van der Waals surface area contributed by atoms with E-state index < -0.39 is 5.82 Å². The average molecular weight is 296 g/mol. The van der Waals surface area contributed by atoms with Gasteiger partial charge in [-0.05, 0) is 30.5 Å². The number of hydrogen-bond donors (Lipinski definition) is 1. The first kappa shape index (κ1) is 16.6. The van der Waals surface area contributed by atoms with Gasteiger partial charge in [0, 0.05) is 19.5 Å². The first-order valence-corrected chi connectivity index (χ1v) is 7.05. The zero-order valence-corrected chi connectivity index (χ0v) is 13.0. The molecule has 0 unspecified atom stereocenters. The average Bonchev–Trinajstić information content (AvgIpc) is 2.33. The number of thiocarbonyl (C=S) groups is 1. The van der Waals surface area contributed by atoms with Gasteiger partial charge in [-0.2, -0.15) is 0 Å². The highest BCUT2D eigenvalue weighted by Crippen LogP contribution is 2.14. The van der Waals surface area contributed by atoms with Crippen LogP contribution >= 0.6 is 12.2 Å². The second-order valence-electron chi connectivity index (χ2n) is 5.34. The third kappa shape index (κ3) is 4.89. The normalized spacial score (nSPS) is 10.7. The van der Waals surface area contributed by atoms with Gasteiger partial charge in [0.1, 0.15) is 5.82 Å². The van der Waals surface area contributed by atoms with Gasteiger partial charge in [-0.3, -0.25) is 4.79 Å². The van der Waals surface area contributed by atoms with Crippen LogP contribution in [-0.4, -0.2) is 28.9 Å². The predicted molar refractivity (Wildman–Crippen MR) is 83.3 cm³/mol. The molecule has 0 fully saturated rings. The van der Waals surface area contributed by atoms with Gasteiger partial charge < -0.3 is 10.6 Å². The van der Waals surface area contributed by atoms with Crippen LogP contribution < -0.4 is 5.73 Å². The molecule has 0 heterocycles. The summed E-state index contributed by atoms with van der Waals surface area (Å²) in [4.78, 5) is 14.4. The second kappa shape index (κ2) is 7.33. The van der Waals surface area contributed by atoms with Gasteiger partial charge in [-0.25, -0.2) is 4.39 Å². The first-order valence-electron chi connectivity index (χ1n) is 6.65. The van der Waals surface area contributed by atoms with Crippen LogP contribution in [0.4, 0.5) is 4.39 Å². The predicted octanol–water partition coefficient (Wildman–Crippen LogP) is 2.91. The van der Waals surface area contributed by atoms with Gasteiger partial charge in [0.05, 0.1) is 10.6 Å². The van der Waals surface area contributed by atoms with Crippen molar-refractivity contribution >= 4 is 23.1 Å². The number of benzene rings is 1. The highest BCUT2D eigenvalue weighted by molar-refractivity contribution is 7.80. The standard InChI is InChI=1S/C15H21FN2OS/c1-10(2)9-18(7-6-14(17)20)15(19)12-5-4-11(3)8-13(12)16/h4-5,8,10H,6-7,9H2,1-3H3,(H2,17,20). The Morgan fingerprint density at radius 2 is 2.10 bits per heavy atom. The zero-order valence-electron chi connectivity index (χ0n) is 12.1. The molecule has 0 bridgehead atoms. The van der Waals surface area contributed by atoms with E-state index in [1.165, 1.54) is 12.1 Å². The van der Waals surface area contributed by atoms with Crippen LogP contribution in [0.5, 0.6) is 0 Å². The van der Waals surface area contributed by atoms with E-state index in [1.54, 1.807) is 17.9 Å². The third-order valence-electron chi connectivity index (χ3n) is 2.86. The molecule has 3 nitrogen and oxygen atoms in total. The van der Waals surface area contributed by atoms with Crippen LogP contribution in [-0.2, 0) is 0 Å². The van der Waals surface area contributed by atoms with Crippen LogP contribution in [0.1, 0.15) is 36.2 Å². The maximum absolute atomic E-state index is 13.9. The SMILES string of the molecule is Cc1ccc(C(=O)N(CCC(N)=S)CC(C)C)c(F)c1. The van der Waals surface area contributed by atoms with E-state index in [9.17, 15) is 9.18 Å². The van der Waals surface area contributed by atoms with Gasteiger partial charge in [0.15, 0.2) is 0 Å². The fourth-order valence-electron chi connectivity index (χ4n) is 1.93. The summed E-state index contributed by atoms with van der Waals surface area (Å²) < 4.78 is 13.9. The third-order valence-corrected chi connectivity index (χ3v) is 3.06. The maximum Gasteiger partial charge on any atom is 0.256 e. The molecule has 0 saturated heterocycles. The Balaban J connectivity index is 2.93. The quantitative estimate of drug-likeness (QED) is 0.821. The van der Waals surface area contributed by atoms with Crippen molar-refractivity contribution in [2.24, 2.45) is 11.7 Å². The van der Waals surface area contributed by atoms with Gasteiger partial charge in [0.25, 0.3) is 5.91 Å². The smallest absolute Gasteiger partial charge is 0.256 e. The first-order chi connectivity index (χ1) is 9.31. The highest BCUT2D eigenvalue weighted by atomic mass is 32.1. The van der Waals surface area contributed by atoms with Crippen LogP contribution in [0.3, 0.4) is 0 Å². The molecule has 0 aromatic heterocycles. The number of amides is 1. The molecule has 20 heavy (non-hydrogen) atoms. The molecule has 0 saturated carbocycles. The minimum Gasteiger partial charge on any atom is -0.393 e. The lowest BCUT2D eigenvalue weighted by atomic mass is 10.1.